The number of nitrogens with zero attached hydrogens (tertiary/aromatic N) is 4. The van der Waals surface area contributed by atoms with Crippen LogP contribution in [0.4, 0.5) is 5.82 Å². The van der Waals surface area contributed by atoms with Crippen molar-refractivity contribution in [2.45, 2.75) is 83.0 Å². The number of carbonyl (C=O) groups is 2. The molecule has 6 rings (SSSR count). The van der Waals surface area contributed by atoms with Crippen molar-refractivity contribution in [2.24, 2.45) is 0 Å². The maximum Gasteiger partial charge on any atom is 0.335 e. The van der Waals surface area contributed by atoms with Crippen LogP contribution in [0.15, 0.2) is 54.9 Å². The van der Waals surface area contributed by atoms with Crippen molar-refractivity contribution >= 4 is 17.7 Å². The normalized spacial score (nSPS) is 21.9. The Labute approximate surface area is 266 Å². The molecule has 9 heteroatoms. The van der Waals surface area contributed by atoms with E-state index in [4.69, 9.17) is 4.74 Å². The van der Waals surface area contributed by atoms with Crippen molar-refractivity contribution in [1.82, 2.24) is 19.8 Å². The molecule has 3 aliphatic heterocycles. The molecule has 2 N–H and O–H groups in total. The Bertz CT molecular complexity index is 1480. The van der Waals surface area contributed by atoms with Gasteiger partial charge in [0.15, 0.2) is 0 Å². The van der Waals surface area contributed by atoms with Crippen LogP contribution in [0.1, 0.15) is 100 Å². The van der Waals surface area contributed by atoms with Crippen LogP contribution in [-0.4, -0.2) is 81.6 Å². The van der Waals surface area contributed by atoms with Gasteiger partial charge in [0.05, 0.1) is 17.8 Å². The molecule has 45 heavy (non-hydrogen) atoms. The third-order valence-corrected chi connectivity index (χ3v) is 9.98. The standard InChI is InChI=1S/C36H45N5O4/c1-24-9-11-27(12-10-24)32-8-4-7-31(45-32)22-37-34-25(2)33(38-23-39-34)35(42)41-19-15-30(16-20-41)40-17-13-26(14-18-40)28-5-3-6-29(21-28)36(43)44/h3,5-6,9-12,21,23,26,30-32H,4,7-8,13-20,22H2,1-2H3,(H,43,44)(H,37,38,39)/t31-,32?/m1/s1. The van der Waals surface area contributed by atoms with Gasteiger partial charge in [-0.25, -0.2) is 14.8 Å². The number of nitrogens with one attached hydrogen (secondary N) is 1. The smallest absolute Gasteiger partial charge is 0.335 e. The first-order valence-electron chi connectivity index (χ1n) is 16.5. The molecule has 1 unspecified atom stereocenters. The number of piperidine rings is 2. The minimum Gasteiger partial charge on any atom is -0.478 e. The monoisotopic (exact) mass is 611 g/mol. The number of hydrogen-bond donors (Lipinski definition) is 2. The van der Waals surface area contributed by atoms with Gasteiger partial charge in [-0.3, -0.25) is 4.79 Å². The minimum atomic E-state index is -0.874. The predicted molar refractivity (Wildman–Crippen MR) is 174 cm³/mol. The molecule has 0 bridgehead atoms. The van der Waals surface area contributed by atoms with Crippen molar-refractivity contribution < 1.29 is 19.4 Å². The zero-order valence-corrected chi connectivity index (χ0v) is 26.5. The Morgan fingerprint density at radius 1 is 0.911 bits per heavy atom. The molecule has 4 heterocycles. The summed E-state index contributed by atoms with van der Waals surface area (Å²) in [5, 5.41) is 12.8. The molecule has 1 amide bonds. The number of carboxylic acids is 1. The number of anilines is 1. The van der Waals surface area contributed by atoms with E-state index in [2.05, 4.69) is 57.4 Å². The number of hydrogen-bond acceptors (Lipinski definition) is 7. The lowest BCUT2D eigenvalue weighted by atomic mass is 9.87. The fourth-order valence-corrected chi connectivity index (χ4v) is 7.24. The average molecular weight is 612 g/mol. The average Bonchev–Trinajstić information content (AvgIpc) is 3.08. The van der Waals surface area contributed by atoms with Crippen LogP contribution >= 0.6 is 0 Å². The number of aromatic nitrogens is 2. The molecule has 3 fully saturated rings. The van der Waals surface area contributed by atoms with Gasteiger partial charge in [-0.15, -0.1) is 0 Å². The number of aromatic carboxylic acids is 1. The first kappa shape index (κ1) is 31.2. The molecule has 9 nitrogen and oxygen atoms in total. The molecule has 238 valence electrons. The van der Waals surface area contributed by atoms with Gasteiger partial charge in [-0.1, -0.05) is 42.0 Å². The fourth-order valence-electron chi connectivity index (χ4n) is 7.24. The van der Waals surface area contributed by atoms with Crippen molar-refractivity contribution in [1.29, 1.82) is 0 Å². The number of rotatable bonds is 8. The lowest BCUT2D eigenvalue weighted by Crippen LogP contribution is -2.49. The van der Waals surface area contributed by atoms with Gasteiger partial charge < -0.3 is 25.0 Å². The van der Waals surface area contributed by atoms with Crippen molar-refractivity contribution in [2.75, 3.05) is 38.0 Å². The van der Waals surface area contributed by atoms with Crippen LogP contribution in [0.25, 0.3) is 0 Å². The predicted octanol–water partition coefficient (Wildman–Crippen LogP) is 6.00. The number of likely N-dealkylation sites (tertiary alicyclic amines) is 2. The summed E-state index contributed by atoms with van der Waals surface area (Å²) in [4.78, 5) is 38.4. The Hall–Kier alpha value is -3.82. The molecule has 2 atom stereocenters. The summed E-state index contributed by atoms with van der Waals surface area (Å²) in [6.07, 6.45) is 8.76. The van der Waals surface area contributed by atoms with E-state index in [-0.39, 0.29) is 18.1 Å². The molecule has 3 aromatic rings. The molecule has 0 spiro atoms. The highest BCUT2D eigenvalue weighted by Crippen LogP contribution is 2.33. The van der Waals surface area contributed by atoms with Gasteiger partial charge in [-0.05, 0) is 101 Å². The minimum absolute atomic E-state index is 0.0261. The number of ether oxygens (including phenoxy) is 1. The van der Waals surface area contributed by atoms with Crippen LogP contribution in [0, 0.1) is 13.8 Å². The SMILES string of the molecule is Cc1ccc(C2CCC[C@H](CNc3ncnc(C(=O)N4CCC(N5CCC(c6cccc(C(=O)O)c6)CC5)CC4)c3C)O2)cc1. The molecular formula is C36H45N5O4. The van der Waals surface area contributed by atoms with Gasteiger partial charge in [0, 0.05) is 31.2 Å². The van der Waals surface area contributed by atoms with Crippen molar-refractivity contribution in [3.05, 3.63) is 88.4 Å². The van der Waals surface area contributed by atoms with Crippen molar-refractivity contribution in [3.8, 4) is 0 Å². The van der Waals surface area contributed by atoms with Crippen LogP contribution in [0.5, 0.6) is 0 Å². The molecule has 2 aromatic carbocycles. The molecule has 0 aliphatic carbocycles. The van der Waals surface area contributed by atoms with Gasteiger partial charge in [0.25, 0.3) is 5.91 Å². The number of aryl methyl sites for hydroxylation is 1. The molecule has 0 saturated carbocycles. The molecule has 3 aliphatic rings. The summed E-state index contributed by atoms with van der Waals surface area (Å²) in [6.45, 7) is 8.09. The largest absolute Gasteiger partial charge is 0.478 e. The number of amides is 1. The zero-order valence-electron chi connectivity index (χ0n) is 26.5. The second kappa shape index (κ2) is 14.1. The van der Waals surface area contributed by atoms with E-state index < -0.39 is 5.97 Å². The van der Waals surface area contributed by atoms with Gasteiger partial charge in [0.1, 0.15) is 17.8 Å². The number of benzene rings is 2. The topological polar surface area (TPSA) is 108 Å². The summed E-state index contributed by atoms with van der Waals surface area (Å²) in [5.41, 5.74) is 5.22. The van der Waals surface area contributed by atoms with E-state index in [0.717, 1.165) is 69.2 Å². The van der Waals surface area contributed by atoms with Gasteiger partial charge in [0.2, 0.25) is 0 Å². The summed E-state index contributed by atoms with van der Waals surface area (Å²) in [6, 6.07) is 16.5. The molecular weight excluding hydrogens is 566 g/mol. The Morgan fingerprint density at radius 2 is 1.67 bits per heavy atom. The van der Waals surface area contributed by atoms with E-state index >= 15 is 0 Å². The number of carboxylic acid groups (broad SMARTS) is 1. The van der Waals surface area contributed by atoms with E-state index in [0.29, 0.717) is 48.7 Å². The Morgan fingerprint density at radius 3 is 2.40 bits per heavy atom. The van der Waals surface area contributed by atoms with Crippen LogP contribution in [0.3, 0.4) is 0 Å². The second-order valence-corrected chi connectivity index (χ2v) is 12.9. The first-order chi connectivity index (χ1) is 21.9. The van der Waals surface area contributed by atoms with Crippen molar-refractivity contribution in [3.63, 3.8) is 0 Å². The summed E-state index contributed by atoms with van der Waals surface area (Å²) in [7, 11) is 0. The second-order valence-electron chi connectivity index (χ2n) is 12.9. The van der Waals surface area contributed by atoms with Gasteiger partial charge in [-0.2, -0.15) is 0 Å². The van der Waals surface area contributed by atoms with E-state index in [9.17, 15) is 14.7 Å². The first-order valence-corrected chi connectivity index (χ1v) is 16.5. The van der Waals surface area contributed by atoms with Crippen LogP contribution < -0.4 is 5.32 Å². The third-order valence-electron chi connectivity index (χ3n) is 9.98. The van der Waals surface area contributed by atoms with E-state index in [1.807, 2.05) is 24.0 Å². The maximum absolute atomic E-state index is 13.6. The Kier molecular flexibility index (Phi) is 9.76. The lowest BCUT2D eigenvalue weighted by molar-refractivity contribution is -0.0442. The summed E-state index contributed by atoms with van der Waals surface area (Å²) >= 11 is 0. The Balaban J connectivity index is 0.988. The quantitative estimate of drug-likeness (QED) is 0.320. The maximum atomic E-state index is 13.6. The van der Waals surface area contributed by atoms with Crippen LogP contribution in [0.2, 0.25) is 0 Å². The summed E-state index contributed by atoms with van der Waals surface area (Å²) in [5.74, 6) is 0.189. The molecule has 3 saturated heterocycles. The highest BCUT2D eigenvalue weighted by atomic mass is 16.5. The molecule has 0 radical (unpaired) electrons. The van der Waals surface area contributed by atoms with Gasteiger partial charge >= 0.3 is 5.97 Å². The molecule has 1 aromatic heterocycles. The zero-order chi connectivity index (χ0) is 31.3. The van der Waals surface area contributed by atoms with E-state index in [1.165, 1.54) is 17.5 Å². The van der Waals surface area contributed by atoms with Crippen LogP contribution in [-0.2, 0) is 4.74 Å². The highest BCUT2D eigenvalue weighted by molar-refractivity contribution is 5.94. The number of carbonyl (C=O) groups excluding carboxylic acids is 1. The van der Waals surface area contributed by atoms with E-state index in [1.54, 1.807) is 6.07 Å². The third kappa shape index (κ3) is 7.36. The lowest BCUT2D eigenvalue weighted by Gasteiger charge is -2.42. The summed E-state index contributed by atoms with van der Waals surface area (Å²) < 4.78 is 6.44. The highest BCUT2D eigenvalue weighted by Gasteiger charge is 2.32. The fraction of sp³-hybridized carbons (Fsp3) is 0.500.